The molecule has 0 saturated carbocycles. The average molecular weight is 205 g/mol. The average Bonchev–Trinajstić information content (AvgIpc) is 2.11. The van der Waals surface area contributed by atoms with E-state index in [4.69, 9.17) is 0 Å². The van der Waals surface area contributed by atoms with Crippen molar-refractivity contribution in [2.24, 2.45) is 0 Å². The second kappa shape index (κ2) is 4.96. The summed E-state index contributed by atoms with van der Waals surface area (Å²) in [5, 5.41) is 2.82. The minimum atomic E-state index is 0.104. The summed E-state index contributed by atoms with van der Waals surface area (Å²) < 4.78 is 0. The highest BCUT2D eigenvalue weighted by atomic mass is 16.1. The minimum absolute atomic E-state index is 0.104. The largest absolute Gasteiger partial charge is 0.356 e. The van der Waals surface area contributed by atoms with Gasteiger partial charge in [0.25, 0.3) is 0 Å². The van der Waals surface area contributed by atoms with Crippen LogP contribution in [-0.4, -0.2) is 12.5 Å². The van der Waals surface area contributed by atoms with Gasteiger partial charge in [-0.1, -0.05) is 17.7 Å². The number of hydrogen-bond donors (Lipinski definition) is 1. The lowest BCUT2D eigenvalue weighted by molar-refractivity contribution is -0.120. The number of rotatable bonds is 3. The van der Waals surface area contributed by atoms with Gasteiger partial charge in [-0.25, -0.2) is 0 Å². The molecule has 0 atom stereocenters. The van der Waals surface area contributed by atoms with Crippen LogP contribution in [0.5, 0.6) is 0 Å². The maximum absolute atomic E-state index is 11.5. The summed E-state index contributed by atoms with van der Waals surface area (Å²) in [4.78, 5) is 11.5. The Hall–Kier alpha value is -1.31. The van der Waals surface area contributed by atoms with Gasteiger partial charge in [-0.3, -0.25) is 4.79 Å². The van der Waals surface area contributed by atoms with E-state index >= 15 is 0 Å². The molecule has 1 aromatic carbocycles. The third-order valence-corrected chi connectivity index (χ3v) is 2.55. The molecule has 1 rings (SSSR count). The molecule has 0 aliphatic heterocycles. The Morgan fingerprint density at radius 2 is 1.73 bits per heavy atom. The summed E-state index contributed by atoms with van der Waals surface area (Å²) in [6.07, 6.45) is 0.492. The first kappa shape index (κ1) is 11.8. The maximum atomic E-state index is 11.5. The van der Waals surface area contributed by atoms with Crippen LogP contribution in [0.1, 0.15) is 29.2 Å². The molecular weight excluding hydrogens is 186 g/mol. The van der Waals surface area contributed by atoms with E-state index in [1.165, 1.54) is 16.7 Å². The predicted octanol–water partition coefficient (Wildman–Crippen LogP) is 2.29. The first-order chi connectivity index (χ1) is 7.04. The smallest absolute Gasteiger partial charge is 0.224 e. The van der Waals surface area contributed by atoms with Crippen LogP contribution in [0.4, 0.5) is 0 Å². The summed E-state index contributed by atoms with van der Waals surface area (Å²) in [7, 11) is 0. The number of amides is 1. The highest BCUT2D eigenvalue weighted by molar-refractivity contribution is 5.79. The van der Waals surface area contributed by atoms with Crippen LogP contribution in [0.3, 0.4) is 0 Å². The molecule has 15 heavy (non-hydrogen) atoms. The van der Waals surface area contributed by atoms with Crippen LogP contribution >= 0.6 is 0 Å². The Morgan fingerprint density at radius 1 is 1.20 bits per heavy atom. The van der Waals surface area contributed by atoms with Crippen molar-refractivity contribution in [3.8, 4) is 0 Å². The standard InChI is InChI=1S/C13H19NO/c1-5-14-13(15)8-12-10(3)6-9(2)7-11(12)4/h6-7H,5,8H2,1-4H3,(H,14,15). The topological polar surface area (TPSA) is 29.1 Å². The summed E-state index contributed by atoms with van der Waals surface area (Å²) >= 11 is 0. The second-order valence-corrected chi connectivity index (χ2v) is 4.01. The number of nitrogens with one attached hydrogen (secondary N) is 1. The number of benzene rings is 1. The van der Waals surface area contributed by atoms with Crippen molar-refractivity contribution in [2.75, 3.05) is 6.54 Å². The van der Waals surface area contributed by atoms with E-state index in [9.17, 15) is 4.79 Å². The quantitative estimate of drug-likeness (QED) is 0.806. The van der Waals surface area contributed by atoms with E-state index in [1.807, 2.05) is 6.92 Å². The fraction of sp³-hybridized carbons (Fsp3) is 0.462. The number of likely N-dealkylation sites (N-methyl/N-ethyl adjacent to an activating group) is 1. The Kier molecular flexibility index (Phi) is 3.89. The van der Waals surface area contributed by atoms with Gasteiger partial charge >= 0.3 is 0 Å². The summed E-state index contributed by atoms with van der Waals surface area (Å²) in [6.45, 7) is 8.84. The molecule has 0 spiro atoms. The fourth-order valence-electron chi connectivity index (χ4n) is 1.91. The lowest BCUT2D eigenvalue weighted by Crippen LogP contribution is -2.25. The Bertz CT molecular complexity index is 346. The van der Waals surface area contributed by atoms with Gasteiger partial charge in [0.1, 0.15) is 0 Å². The number of carbonyl (C=O) groups excluding carboxylic acids is 1. The van der Waals surface area contributed by atoms with Crippen LogP contribution in [0, 0.1) is 20.8 Å². The first-order valence-electron chi connectivity index (χ1n) is 5.38. The molecule has 0 unspecified atom stereocenters. The van der Waals surface area contributed by atoms with Gasteiger partial charge in [0.2, 0.25) is 5.91 Å². The first-order valence-corrected chi connectivity index (χ1v) is 5.38. The Morgan fingerprint density at radius 3 is 2.20 bits per heavy atom. The molecule has 1 aromatic rings. The zero-order valence-corrected chi connectivity index (χ0v) is 9.98. The molecule has 0 aliphatic rings. The second-order valence-electron chi connectivity index (χ2n) is 4.01. The molecule has 1 amide bonds. The van der Waals surface area contributed by atoms with Crippen molar-refractivity contribution in [3.05, 3.63) is 34.4 Å². The number of aryl methyl sites for hydroxylation is 3. The Balaban J connectivity index is 2.90. The third kappa shape index (κ3) is 3.08. The van der Waals surface area contributed by atoms with Crippen molar-refractivity contribution in [1.29, 1.82) is 0 Å². The third-order valence-electron chi connectivity index (χ3n) is 2.55. The van der Waals surface area contributed by atoms with Crippen LogP contribution in [0.2, 0.25) is 0 Å². The van der Waals surface area contributed by atoms with Gasteiger partial charge in [0.05, 0.1) is 6.42 Å². The maximum Gasteiger partial charge on any atom is 0.224 e. The van der Waals surface area contributed by atoms with Gasteiger partial charge in [-0.2, -0.15) is 0 Å². The van der Waals surface area contributed by atoms with E-state index < -0.39 is 0 Å². The van der Waals surface area contributed by atoms with Gasteiger partial charge in [-0.15, -0.1) is 0 Å². The molecule has 0 saturated heterocycles. The molecule has 0 aromatic heterocycles. The van der Waals surface area contributed by atoms with Gasteiger partial charge < -0.3 is 5.32 Å². The highest BCUT2D eigenvalue weighted by Gasteiger charge is 2.08. The molecule has 2 heteroatoms. The Labute approximate surface area is 91.7 Å². The van der Waals surface area contributed by atoms with E-state index in [2.05, 4.69) is 38.2 Å². The predicted molar refractivity (Wildman–Crippen MR) is 63.0 cm³/mol. The molecule has 0 fully saturated rings. The minimum Gasteiger partial charge on any atom is -0.356 e. The van der Waals surface area contributed by atoms with Gasteiger partial charge in [0.15, 0.2) is 0 Å². The fourth-order valence-corrected chi connectivity index (χ4v) is 1.91. The number of hydrogen-bond acceptors (Lipinski definition) is 1. The van der Waals surface area contributed by atoms with Crippen LogP contribution in [-0.2, 0) is 11.2 Å². The van der Waals surface area contributed by atoms with Crippen molar-refractivity contribution in [1.82, 2.24) is 5.32 Å². The normalized spacial score (nSPS) is 10.1. The van der Waals surface area contributed by atoms with Crippen LogP contribution < -0.4 is 5.32 Å². The van der Waals surface area contributed by atoms with Gasteiger partial charge in [0, 0.05) is 6.54 Å². The summed E-state index contributed by atoms with van der Waals surface area (Å²) in [5.74, 6) is 0.104. The zero-order chi connectivity index (χ0) is 11.4. The molecule has 0 bridgehead atoms. The number of carbonyl (C=O) groups is 1. The molecule has 0 heterocycles. The van der Waals surface area contributed by atoms with E-state index in [1.54, 1.807) is 0 Å². The van der Waals surface area contributed by atoms with Crippen molar-refractivity contribution in [2.45, 2.75) is 34.1 Å². The SMILES string of the molecule is CCNC(=O)Cc1c(C)cc(C)cc1C. The van der Waals surface area contributed by atoms with Crippen molar-refractivity contribution in [3.63, 3.8) is 0 Å². The van der Waals surface area contributed by atoms with E-state index in [0.717, 1.165) is 5.56 Å². The summed E-state index contributed by atoms with van der Waals surface area (Å²) in [6, 6.07) is 4.25. The lowest BCUT2D eigenvalue weighted by Gasteiger charge is -2.10. The molecular formula is C13H19NO. The molecule has 0 radical (unpaired) electrons. The monoisotopic (exact) mass is 205 g/mol. The molecule has 2 nitrogen and oxygen atoms in total. The lowest BCUT2D eigenvalue weighted by atomic mass is 9.97. The van der Waals surface area contributed by atoms with Crippen molar-refractivity contribution >= 4 is 5.91 Å². The highest BCUT2D eigenvalue weighted by Crippen LogP contribution is 2.16. The molecule has 0 aliphatic carbocycles. The van der Waals surface area contributed by atoms with Crippen LogP contribution in [0.15, 0.2) is 12.1 Å². The van der Waals surface area contributed by atoms with Crippen molar-refractivity contribution < 1.29 is 4.79 Å². The van der Waals surface area contributed by atoms with E-state index in [0.29, 0.717) is 13.0 Å². The molecule has 82 valence electrons. The molecule has 1 N–H and O–H groups in total. The van der Waals surface area contributed by atoms with Crippen LogP contribution in [0.25, 0.3) is 0 Å². The van der Waals surface area contributed by atoms with E-state index in [-0.39, 0.29) is 5.91 Å². The zero-order valence-electron chi connectivity index (χ0n) is 9.98. The summed E-state index contributed by atoms with van der Waals surface area (Å²) in [5.41, 5.74) is 4.83. The van der Waals surface area contributed by atoms with Gasteiger partial charge in [-0.05, 0) is 44.4 Å².